The Morgan fingerprint density at radius 3 is 2.48 bits per heavy atom. The lowest BCUT2D eigenvalue weighted by Gasteiger charge is -2.33. The predicted molar refractivity (Wildman–Crippen MR) is 110 cm³/mol. The monoisotopic (exact) mass is 386 g/mol. The van der Waals surface area contributed by atoms with E-state index in [1.807, 2.05) is 57.2 Å². The van der Waals surface area contributed by atoms with E-state index in [4.69, 9.17) is 0 Å². The van der Waals surface area contributed by atoms with Crippen LogP contribution in [0.25, 0.3) is 0 Å². The summed E-state index contributed by atoms with van der Waals surface area (Å²) in [4.78, 5) is 15.1. The Kier molecular flexibility index (Phi) is 5.29. The summed E-state index contributed by atoms with van der Waals surface area (Å²) in [6.45, 7) is 6.36. The van der Waals surface area contributed by atoms with Crippen LogP contribution in [0.5, 0.6) is 0 Å². The van der Waals surface area contributed by atoms with E-state index in [1.165, 1.54) is 4.31 Å². The molecule has 3 rings (SSSR count). The number of sulfonamides is 1. The third-order valence-corrected chi connectivity index (χ3v) is 6.39. The van der Waals surface area contributed by atoms with Crippen LogP contribution in [0.1, 0.15) is 30.0 Å². The molecule has 2 aromatic carbocycles. The molecule has 0 aromatic heterocycles. The Bertz CT molecular complexity index is 969. The molecule has 0 fully saturated rings. The van der Waals surface area contributed by atoms with E-state index in [9.17, 15) is 13.2 Å². The van der Waals surface area contributed by atoms with E-state index in [2.05, 4.69) is 0 Å². The number of aryl methyl sites for hydroxylation is 2. The number of hydrogen-bond acceptors (Lipinski definition) is 3. The van der Waals surface area contributed by atoms with Gasteiger partial charge in [0.2, 0.25) is 10.0 Å². The standard InChI is InChI=1S/C21H26N2O3S/c1-5-19(21(24)22-13-12-17-8-6-7-9-20(17)22)23(27(4,25)26)18-11-10-15(2)16(3)14-18/h6-11,14,19H,5,12-13H2,1-4H3. The highest BCUT2D eigenvalue weighted by atomic mass is 32.2. The zero-order chi connectivity index (χ0) is 19.8. The van der Waals surface area contributed by atoms with E-state index in [0.29, 0.717) is 18.7 Å². The van der Waals surface area contributed by atoms with E-state index in [0.717, 1.165) is 35.1 Å². The fourth-order valence-electron chi connectivity index (χ4n) is 3.65. The van der Waals surface area contributed by atoms with Gasteiger partial charge in [-0.15, -0.1) is 0 Å². The first-order valence-electron chi connectivity index (χ1n) is 9.20. The third-order valence-electron chi connectivity index (χ3n) is 5.21. The quantitative estimate of drug-likeness (QED) is 0.791. The molecule has 1 atom stereocenters. The summed E-state index contributed by atoms with van der Waals surface area (Å²) >= 11 is 0. The van der Waals surface area contributed by atoms with Gasteiger partial charge < -0.3 is 4.90 Å². The maximum Gasteiger partial charge on any atom is 0.250 e. The van der Waals surface area contributed by atoms with E-state index >= 15 is 0 Å². The number of carbonyl (C=O) groups excluding carboxylic acids is 1. The first-order chi connectivity index (χ1) is 12.7. The minimum Gasteiger partial charge on any atom is -0.310 e. The first kappa shape index (κ1) is 19.4. The highest BCUT2D eigenvalue weighted by molar-refractivity contribution is 7.92. The number of anilines is 2. The number of rotatable bonds is 5. The smallest absolute Gasteiger partial charge is 0.250 e. The molecule has 1 amide bonds. The fourth-order valence-corrected chi connectivity index (χ4v) is 4.85. The average Bonchev–Trinajstić information content (AvgIpc) is 3.04. The van der Waals surface area contributed by atoms with Gasteiger partial charge in [0.1, 0.15) is 6.04 Å². The number of benzene rings is 2. The van der Waals surface area contributed by atoms with Gasteiger partial charge in [0, 0.05) is 12.2 Å². The van der Waals surface area contributed by atoms with Crippen LogP contribution in [0.4, 0.5) is 11.4 Å². The molecule has 1 aliphatic heterocycles. The maximum atomic E-state index is 13.4. The maximum absolute atomic E-state index is 13.4. The van der Waals surface area contributed by atoms with Gasteiger partial charge in [-0.3, -0.25) is 9.10 Å². The Labute approximate surface area is 161 Å². The third kappa shape index (κ3) is 3.72. The number of nitrogens with zero attached hydrogens (tertiary/aromatic N) is 2. The summed E-state index contributed by atoms with van der Waals surface area (Å²) in [5.74, 6) is -0.175. The predicted octanol–water partition coefficient (Wildman–Crippen LogP) is 3.44. The summed E-state index contributed by atoms with van der Waals surface area (Å²) < 4.78 is 26.6. The highest BCUT2D eigenvalue weighted by Gasteiger charge is 2.36. The Balaban J connectivity index is 2.02. The van der Waals surface area contributed by atoms with Gasteiger partial charge in [0.15, 0.2) is 0 Å². The van der Waals surface area contributed by atoms with Gasteiger partial charge in [-0.1, -0.05) is 31.2 Å². The second-order valence-electron chi connectivity index (χ2n) is 7.12. The zero-order valence-corrected chi connectivity index (χ0v) is 17.1. The van der Waals surface area contributed by atoms with Crippen molar-refractivity contribution in [2.75, 3.05) is 22.0 Å². The second-order valence-corrected chi connectivity index (χ2v) is 8.98. The van der Waals surface area contributed by atoms with Crippen LogP contribution in [0, 0.1) is 13.8 Å². The van der Waals surface area contributed by atoms with Gasteiger partial charge in [-0.2, -0.15) is 0 Å². The molecule has 0 saturated heterocycles. The molecule has 5 nitrogen and oxygen atoms in total. The summed E-state index contributed by atoms with van der Waals surface area (Å²) in [5, 5.41) is 0. The van der Waals surface area contributed by atoms with Crippen molar-refractivity contribution in [1.29, 1.82) is 0 Å². The fraction of sp³-hybridized carbons (Fsp3) is 0.381. The van der Waals surface area contributed by atoms with E-state index in [-0.39, 0.29) is 5.91 Å². The van der Waals surface area contributed by atoms with Crippen molar-refractivity contribution >= 4 is 27.3 Å². The molecule has 1 unspecified atom stereocenters. The van der Waals surface area contributed by atoms with Crippen LogP contribution < -0.4 is 9.21 Å². The largest absolute Gasteiger partial charge is 0.310 e. The summed E-state index contributed by atoms with van der Waals surface area (Å²) in [6, 6.07) is 12.5. The van der Waals surface area contributed by atoms with Crippen molar-refractivity contribution in [1.82, 2.24) is 0 Å². The summed E-state index contributed by atoms with van der Waals surface area (Å²) in [6.07, 6.45) is 2.36. The normalized spacial score (nSPS) is 14.7. The second kappa shape index (κ2) is 7.35. The molecule has 0 bridgehead atoms. The van der Waals surface area contributed by atoms with Gasteiger partial charge in [0.05, 0.1) is 11.9 Å². The Morgan fingerprint density at radius 2 is 1.85 bits per heavy atom. The van der Waals surface area contributed by atoms with Crippen LogP contribution in [0.15, 0.2) is 42.5 Å². The van der Waals surface area contributed by atoms with Crippen molar-refractivity contribution < 1.29 is 13.2 Å². The molecule has 0 spiro atoms. The van der Waals surface area contributed by atoms with Crippen molar-refractivity contribution in [3.63, 3.8) is 0 Å². The van der Waals surface area contributed by atoms with Crippen LogP contribution >= 0.6 is 0 Å². The van der Waals surface area contributed by atoms with Crippen LogP contribution in [0.2, 0.25) is 0 Å². The lowest BCUT2D eigenvalue weighted by molar-refractivity contribution is -0.119. The molecule has 144 valence electrons. The van der Waals surface area contributed by atoms with Gasteiger partial charge in [-0.25, -0.2) is 8.42 Å². The number of amides is 1. The van der Waals surface area contributed by atoms with Crippen molar-refractivity contribution in [3.05, 3.63) is 59.2 Å². The van der Waals surface area contributed by atoms with Crippen molar-refractivity contribution in [2.24, 2.45) is 0 Å². The topological polar surface area (TPSA) is 57.7 Å². The van der Waals surface area contributed by atoms with Crippen molar-refractivity contribution in [2.45, 2.75) is 39.7 Å². The van der Waals surface area contributed by atoms with Gasteiger partial charge in [-0.05, 0) is 61.6 Å². The minimum atomic E-state index is -3.62. The number of para-hydroxylation sites is 1. The molecular formula is C21H26N2O3S. The highest BCUT2D eigenvalue weighted by Crippen LogP contribution is 2.31. The molecule has 2 aromatic rings. The zero-order valence-electron chi connectivity index (χ0n) is 16.3. The van der Waals surface area contributed by atoms with Gasteiger partial charge in [0.25, 0.3) is 5.91 Å². The first-order valence-corrected chi connectivity index (χ1v) is 11.0. The molecule has 1 heterocycles. The van der Waals surface area contributed by atoms with Crippen molar-refractivity contribution in [3.8, 4) is 0 Å². The lowest BCUT2D eigenvalue weighted by Crippen LogP contribution is -2.50. The molecule has 6 heteroatoms. The van der Waals surface area contributed by atoms with Crippen LogP contribution in [-0.2, 0) is 21.2 Å². The summed E-state index contributed by atoms with van der Waals surface area (Å²) in [5.41, 5.74) is 4.62. The van der Waals surface area contributed by atoms with Crippen LogP contribution in [0.3, 0.4) is 0 Å². The molecule has 27 heavy (non-hydrogen) atoms. The summed E-state index contributed by atoms with van der Waals surface area (Å²) in [7, 11) is -3.62. The number of carbonyl (C=O) groups is 1. The van der Waals surface area contributed by atoms with Gasteiger partial charge >= 0.3 is 0 Å². The molecule has 1 aliphatic rings. The van der Waals surface area contributed by atoms with E-state index < -0.39 is 16.1 Å². The number of hydrogen-bond donors (Lipinski definition) is 0. The average molecular weight is 387 g/mol. The Hall–Kier alpha value is -2.34. The molecule has 0 N–H and O–H groups in total. The minimum absolute atomic E-state index is 0.175. The number of fused-ring (bicyclic) bond motifs is 1. The Morgan fingerprint density at radius 1 is 1.15 bits per heavy atom. The molecular weight excluding hydrogens is 360 g/mol. The van der Waals surface area contributed by atoms with Crippen LogP contribution in [-0.4, -0.2) is 33.2 Å². The van der Waals surface area contributed by atoms with E-state index in [1.54, 1.807) is 11.0 Å². The molecule has 0 aliphatic carbocycles. The molecule has 0 radical (unpaired) electrons. The lowest BCUT2D eigenvalue weighted by atomic mass is 10.1. The SMILES string of the molecule is CCC(C(=O)N1CCc2ccccc21)N(c1ccc(C)c(C)c1)S(C)(=O)=O. The molecule has 0 saturated carbocycles.